The van der Waals surface area contributed by atoms with E-state index in [1.807, 2.05) is 24.3 Å². The van der Waals surface area contributed by atoms with Gasteiger partial charge in [-0.2, -0.15) is 0 Å². The Hall–Kier alpha value is -1.33. The molecule has 1 aliphatic rings. The smallest absolute Gasteiger partial charge is 0.237 e. The van der Waals surface area contributed by atoms with Crippen molar-refractivity contribution in [3.8, 4) is 0 Å². The fraction of sp³-hybridized carbons (Fsp3) is 0.400. The number of amides is 1. The van der Waals surface area contributed by atoms with Gasteiger partial charge >= 0.3 is 0 Å². The van der Waals surface area contributed by atoms with Gasteiger partial charge in [-0.05, 0) is 37.1 Å². The van der Waals surface area contributed by atoms with Crippen LogP contribution in [0.3, 0.4) is 0 Å². The minimum Gasteiger partial charge on any atom is -0.383 e. The molecule has 3 N–H and O–H groups in total. The van der Waals surface area contributed by atoms with Gasteiger partial charge in [0.1, 0.15) is 0 Å². The highest BCUT2D eigenvalue weighted by molar-refractivity contribution is 9.10. The highest BCUT2D eigenvalue weighted by Crippen LogP contribution is 2.10. The lowest BCUT2D eigenvalue weighted by atomic mass is 10.2. The van der Waals surface area contributed by atoms with Crippen molar-refractivity contribution < 1.29 is 4.79 Å². The molecule has 1 heterocycles. The minimum atomic E-state index is -0.0331. The molecule has 1 aliphatic heterocycles. The Morgan fingerprint density at radius 3 is 2.75 bits per heavy atom. The molecule has 1 fully saturated rings. The Morgan fingerprint density at radius 2 is 2.10 bits per heavy atom. The van der Waals surface area contributed by atoms with Crippen molar-refractivity contribution in [1.29, 1.82) is 0 Å². The van der Waals surface area contributed by atoms with Gasteiger partial charge in [0.2, 0.25) is 5.91 Å². The molecule has 1 atom stereocenters. The number of carbonyl (C=O) groups is 1. The van der Waals surface area contributed by atoms with Crippen LogP contribution in [0.1, 0.15) is 18.4 Å². The predicted molar refractivity (Wildman–Crippen MR) is 84.2 cm³/mol. The molecular weight excluding hydrogens is 318 g/mol. The van der Waals surface area contributed by atoms with E-state index in [4.69, 9.17) is 0 Å². The highest BCUT2D eigenvalue weighted by Gasteiger charge is 2.21. The Bertz CT molecular complexity index is 467. The first-order valence-electron chi connectivity index (χ1n) is 6.82. The van der Waals surface area contributed by atoms with Gasteiger partial charge in [0.05, 0.1) is 12.6 Å². The van der Waals surface area contributed by atoms with E-state index in [9.17, 15) is 4.79 Å². The first-order valence-corrected chi connectivity index (χ1v) is 7.61. The van der Waals surface area contributed by atoms with Crippen LogP contribution >= 0.6 is 15.9 Å². The first kappa shape index (κ1) is 15.1. The fourth-order valence-electron chi connectivity index (χ4n) is 2.12. The van der Waals surface area contributed by atoms with Crippen LogP contribution in [0, 0.1) is 0 Å². The summed E-state index contributed by atoms with van der Waals surface area (Å²) in [5, 5.41) is 9.29. The molecule has 1 aromatic rings. The number of halogens is 1. The van der Waals surface area contributed by atoms with E-state index in [1.54, 1.807) is 0 Å². The van der Waals surface area contributed by atoms with Crippen LogP contribution in [0.5, 0.6) is 0 Å². The van der Waals surface area contributed by atoms with Crippen molar-refractivity contribution in [2.24, 2.45) is 0 Å². The third-order valence-electron chi connectivity index (χ3n) is 3.31. The average Bonchev–Trinajstić information content (AvgIpc) is 2.98. The van der Waals surface area contributed by atoms with Gasteiger partial charge in [-0.3, -0.25) is 4.79 Å². The van der Waals surface area contributed by atoms with Gasteiger partial charge in [-0.1, -0.05) is 34.6 Å². The van der Waals surface area contributed by atoms with Crippen molar-refractivity contribution in [2.75, 3.05) is 13.1 Å². The molecular formula is C15H20BrN3O. The fourth-order valence-corrected chi connectivity index (χ4v) is 2.38. The highest BCUT2D eigenvalue weighted by atomic mass is 79.9. The van der Waals surface area contributed by atoms with Crippen LogP contribution in [0.2, 0.25) is 0 Å². The van der Waals surface area contributed by atoms with Crippen LogP contribution in [-0.4, -0.2) is 25.0 Å². The van der Waals surface area contributed by atoms with Crippen molar-refractivity contribution in [3.05, 3.63) is 46.6 Å². The summed E-state index contributed by atoms with van der Waals surface area (Å²) in [5.74, 6) is 0.0640. The summed E-state index contributed by atoms with van der Waals surface area (Å²) in [4.78, 5) is 11.8. The molecule has 1 amide bonds. The molecule has 0 spiro atoms. The maximum atomic E-state index is 11.8. The Morgan fingerprint density at radius 1 is 1.35 bits per heavy atom. The van der Waals surface area contributed by atoms with Crippen LogP contribution < -0.4 is 16.0 Å². The maximum Gasteiger partial charge on any atom is 0.237 e. The van der Waals surface area contributed by atoms with E-state index < -0.39 is 0 Å². The molecule has 20 heavy (non-hydrogen) atoms. The lowest BCUT2D eigenvalue weighted by molar-refractivity contribution is -0.122. The van der Waals surface area contributed by atoms with Gasteiger partial charge in [0.25, 0.3) is 0 Å². The summed E-state index contributed by atoms with van der Waals surface area (Å²) in [5.41, 5.74) is 2.00. The molecule has 0 aromatic heterocycles. The Kier molecular flexibility index (Phi) is 5.61. The van der Waals surface area contributed by atoms with Crippen LogP contribution in [0.4, 0.5) is 0 Å². The van der Waals surface area contributed by atoms with Crippen LogP contribution in [-0.2, 0) is 11.3 Å². The molecule has 0 radical (unpaired) electrons. The van der Waals surface area contributed by atoms with Gasteiger partial charge in [-0.15, -0.1) is 0 Å². The molecule has 1 aromatic carbocycles. The van der Waals surface area contributed by atoms with Crippen LogP contribution in [0.15, 0.2) is 41.0 Å². The summed E-state index contributed by atoms with van der Waals surface area (Å²) in [6.07, 6.45) is 1.99. The number of carbonyl (C=O) groups excluding carboxylic acids is 1. The lowest BCUT2D eigenvalue weighted by Crippen LogP contribution is -2.42. The van der Waals surface area contributed by atoms with E-state index in [-0.39, 0.29) is 11.9 Å². The molecule has 0 unspecified atom stereocenters. The average molecular weight is 338 g/mol. The summed E-state index contributed by atoms with van der Waals surface area (Å²) < 4.78 is 1.07. The zero-order valence-electron chi connectivity index (χ0n) is 11.4. The second kappa shape index (κ2) is 7.45. The zero-order chi connectivity index (χ0) is 14.4. The lowest BCUT2D eigenvalue weighted by Gasteiger charge is -2.14. The molecule has 4 nitrogen and oxygen atoms in total. The van der Waals surface area contributed by atoms with Crippen molar-refractivity contribution in [3.63, 3.8) is 0 Å². The summed E-state index contributed by atoms with van der Waals surface area (Å²) in [7, 11) is 0. The second-order valence-electron chi connectivity index (χ2n) is 4.95. The molecule has 5 heteroatoms. The third-order valence-corrected chi connectivity index (χ3v) is 3.84. The summed E-state index contributed by atoms with van der Waals surface area (Å²) in [6.45, 7) is 6.04. The van der Waals surface area contributed by atoms with Gasteiger partial charge in [0, 0.05) is 16.7 Å². The first-order chi connectivity index (χ1) is 9.65. The number of hydrogen-bond acceptors (Lipinski definition) is 3. The minimum absolute atomic E-state index is 0.0331. The van der Waals surface area contributed by atoms with Gasteiger partial charge in [-0.25, -0.2) is 0 Å². The van der Waals surface area contributed by atoms with E-state index in [0.717, 1.165) is 29.6 Å². The Labute approximate surface area is 128 Å². The van der Waals surface area contributed by atoms with E-state index >= 15 is 0 Å². The second-order valence-corrected chi connectivity index (χ2v) is 5.87. The predicted octanol–water partition coefficient (Wildman–Crippen LogP) is 1.92. The Balaban J connectivity index is 1.67. The monoisotopic (exact) mass is 337 g/mol. The van der Waals surface area contributed by atoms with E-state index in [0.29, 0.717) is 13.1 Å². The molecule has 108 valence electrons. The number of hydrogen-bond donors (Lipinski definition) is 3. The zero-order valence-corrected chi connectivity index (χ0v) is 13.0. The molecule has 0 bridgehead atoms. The molecule has 2 rings (SSSR count). The molecule has 1 saturated heterocycles. The van der Waals surface area contributed by atoms with Crippen molar-refractivity contribution in [1.82, 2.24) is 16.0 Å². The maximum absolute atomic E-state index is 11.8. The molecule has 0 saturated carbocycles. The normalized spacial score (nSPS) is 17.8. The van der Waals surface area contributed by atoms with Crippen LogP contribution in [0.25, 0.3) is 0 Å². The van der Waals surface area contributed by atoms with E-state index in [1.165, 1.54) is 5.56 Å². The van der Waals surface area contributed by atoms with E-state index in [2.05, 4.69) is 38.5 Å². The number of rotatable bonds is 6. The third kappa shape index (κ3) is 4.65. The van der Waals surface area contributed by atoms with Gasteiger partial charge < -0.3 is 16.0 Å². The quantitative estimate of drug-likeness (QED) is 0.743. The SMILES string of the molecule is C=C(CNC(=O)[C@@H]1CCCN1)NCc1ccc(Br)cc1. The topological polar surface area (TPSA) is 53.2 Å². The largest absolute Gasteiger partial charge is 0.383 e. The number of nitrogens with one attached hydrogen (secondary N) is 3. The van der Waals surface area contributed by atoms with Crippen molar-refractivity contribution >= 4 is 21.8 Å². The van der Waals surface area contributed by atoms with Crippen molar-refractivity contribution in [2.45, 2.75) is 25.4 Å². The van der Waals surface area contributed by atoms with Gasteiger partial charge in [0.15, 0.2) is 0 Å². The molecule has 0 aliphatic carbocycles. The number of benzene rings is 1. The standard InChI is InChI=1S/C15H20BrN3O/c1-11(9-19-15(20)14-3-2-8-17-14)18-10-12-4-6-13(16)7-5-12/h4-7,14,17-18H,1-3,8-10H2,(H,19,20)/t14-/m0/s1. The summed E-state index contributed by atoms with van der Waals surface area (Å²) >= 11 is 3.41. The summed E-state index contributed by atoms with van der Waals surface area (Å²) in [6, 6.07) is 8.08.